The maximum Gasteiger partial charge on any atom is 0.123 e. The van der Waals surface area contributed by atoms with E-state index in [1.54, 1.807) is 0 Å². The molecule has 0 heterocycles. The van der Waals surface area contributed by atoms with Crippen LogP contribution in [0, 0.1) is 5.82 Å². The second-order valence-electron chi connectivity index (χ2n) is 2.27. The van der Waals surface area contributed by atoms with E-state index in [1.165, 1.54) is 12.1 Å². The summed E-state index contributed by atoms with van der Waals surface area (Å²) in [5.41, 5.74) is 0.108. The molecule has 64 valence electrons. The molecule has 0 amide bonds. The van der Waals surface area contributed by atoms with Crippen molar-refractivity contribution < 1.29 is 19.4 Å². The van der Waals surface area contributed by atoms with Gasteiger partial charge in [-0.2, -0.15) is 0 Å². The fourth-order valence-corrected chi connectivity index (χ4v) is 0.781. The van der Waals surface area contributed by atoms with Gasteiger partial charge < -0.3 is 15.0 Å². The smallest absolute Gasteiger partial charge is 0.123 e. The fraction of sp³-hybridized carbons (Fsp3) is 0.125. The highest BCUT2D eigenvalue weighted by molar-refractivity contribution is 5.71. The molecule has 1 aromatic rings. The van der Waals surface area contributed by atoms with Gasteiger partial charge in [-0.05, 0) is 17.7 Å². The van der Waals surface area contributed by atoms with Crippen molar-refractivity contribution in [2.24, 2.45) is 0 Å². The van der Waals surface area contributed by atoms with Gasteiger partial charge >= 0.3 is 0 Å². The van der Waals surface area contributed by atoms with E-state index in [0.29, 0.717) is 0 Å². The molecule has 1 N–H and O–H groups in total. The molecule has 0 saturated heterocycles. The summed E-state index contributed by atoms with van der Waals surface area (Å²) in [6, 6.07) is 4.52. The number of carboxylic acid groups (broad SMARTS) is 1. The first-order valence-electron chi connectivity index (χ1n) is 3.25. The van der Waals surface area contributed by atoms with Gasteiger partial charge in [0.25, 0.3) is 0 Å². The lowest BCUT2D eigenvalue weighted by Gasteiger charge is -2.10. The number of hydrogen-bond donors (Lipinski definition) is 1. The van der Waals surface area contributed by atoms with Gasteiger partial charge in [-0.15, -0.1) is 0 Å². The number of aliphatic hydroxyl groups is 1. The van der Waals surface area contributed by atoms with E-state index in [0.717, 1.165) is 12.1 Å². The van der Waals surface area contributed by atoms with Crippen LogP contribution in [0.5, 0.6) is 0 Å². The molecule has 0 aliphatic rings. The molecule has 0 aliphatic heterocycles. The van der Waals surface area contributed by atoms with Crippen molar-refractivity contribution in [2.45, 2.75) is 6.10 Å². The van der Waals surface area contributed by atoms with Crippen LogP contribution in [0.25, 0.3) is 0 Å². The number of carbonyl (C=O) groups is 1. The van der Waals surface area contributed by atoms with Crippen LogP contribution in [-0.4, -0.2) is 11.1 Å². The van der Waals surface area contributed by atoms with Gasteiger partial charge in [0.1, 0.15) is 11.9 Å². The zero-order valence-electron chi connectivity index (χ0n) is 6.03. The van der Waals surface area contributed by atoms with Crippen molar-refractivity contribution >= 4 is 5.97 Å². The molecule has 1 aromatic carbocycles. The molecule has 0 aliphatic carbocycles. The molecule has 1 rings (SSSR count). The summed E-state index contributed by atoms with van der Waals surface area (Å²) in [4.78, 5) is 10.1. The molecule has 3 nitrogen and oxygen atoms in total. The molecule has 1 unspecified atom stereocenters. The molecule has 4 heteroatoms. The molecule has 0 spiro atoms. The minimum Gasteiger partial charge on any atom is -0.547 e. The Morgan fingerprint density at radius 1 is 1.42 bits per heavy atom. The average molecular weight is 169 g/mol. The lowest BCUT2D eigenvalue weighted by atomic mass is 10.1. The molecule has 0 fully saturated rings. The van der Waals surface area contributed by atoms with Gasteiger partial charge in [0.2, 0.25) is 0 Å². The Kier molecular flexibility index (Phi) is 2.40. The van der Waals surface area contributed by atoms with Crippen LogP contribution in [0.4, 0.5) is 4.39 Å². The standard InChI is InChI=1S/C8H7FO3/c9-6-3-1-5(2-4-6)7(10)8(11)12/h1-4,7,10H,(H,11,12)/p-1. The number of aliphatic carboxylic acids is 1. The molecular formula is C8H6FO3-. The normalized spacial score (nSPS) is 12.5. The van der Waals surface area contributed by atoms with E-state index >= 15 is 0 Å². The molecule has 1 atom stereocenters. The summed E-state index contributed by atoms with van der Waals surface area (Å²) in [7, 11) is 0. The van der Waals surface area contributed by atoms with Gasteiger partial charge in [-0.25, -0.2) is 4.39 Å². The molecule has 0 bridgehead atoms. The SMILES string of the molecule is O=C([O-])C(O)c1ccc(F)cc1. The van der Waals surface area contributed by atoms with Crippen molar-refractivity contribution in [3.8, 4) is 0 Å². The topological polar surface area (TPSA) is 60.4 Å². The predicted octanol–water partition coefficient (Wildman–Crippen LogP) is -0.391. The van der Waals surface area contributed by atoms with Crippen LogP contribution in [-0.2, 0) is 4.79 Å². The molecule has 0 saturated carbocycles. The van der Waals surface area contributed by atoms with E-state index in [4.69, 9.17) is 5.11 Å². The summed E-state index contributed by atoms with van der Waals surface area (Å²) in [6.45, 7) is 0. The average Bonchev–Trinajstić information content (AvgIpc) is 2.04. The van der Waals surface area contributed by atoms with E-state index in [9.17, 15) is 14.3 Å². The number of rotatable bonds is 2. The summed E-state index contributed by atoms with van der Waals surface area (Å²) in [5.74, 6) is -2.08. The van der Waals surface area contributed by atoms with Gasteiger partial charge in [0, 0.05) is 0 Å². The Labute approximate surface area is 68.1 Å². The Morgan fingerprint density at radius 3 is 2.33 bits per heavy atom. The van der Waals surface area contributed by atoms with Gasteiger partial charge in [0.15, 0.2) is 0 Å². The molecule has 12 heavy (non-hydrogen) atoms. The minimum atomic E-state index is -1.69. The lowest BCUT2D eigenvalue weighted by molar-refractivity contribution is -0.315. The highest BCUT2D eigenvalue weighted by Crippen LogP contribution is 2.11. The second kappa shape index (κ2) is 3.32. The fourth-order valence-electron chi connectivity index (χ4n) is 0.781. The van der Waals surface area contributed by atoms with Crippen molar-refractivity contribution in [2.75, 3.05) is 0 Å². The third kappa shape index (κ3) is 1.79. The Hall–Kier alpha value is -1.42. The Balaban J connectivity index is 2.89. The maximum absolute atomic E-state index is 12.3. The number of carbonyl (C=O) groups excluding carboxylic acids is 1. The first-order valence-corrected chi connectivity index (χ1v) is 3.25. The Bertz CT molecular complexity index is 281. The first kappa shape index (κ1) is 8.67. The van der Waals surface area contributed by atoms with Crippen LogP contribution < -0.4 is 5.11 Å². The summed E-state index contributed by atoms with van der Waals surface area (Å²) >= 11 is 0. The van der Waals surface area contributed by atoms with Crippen LogP contribution in [0.15, 0.2) is 24.3 Å². The van der Waals surface area contributed by atoms with Crippen molar-refractivity contribution in [1.29, 1.82) is 0 Å². The van der Waals surface area contributed by atoms with E-state index in [2.05, 4.69) is 0 Å². The van der Waals surface area contributed by atoms with Crippen molar-refractivity contribution in [3.05, 3.63) is 35.6 Å². The lowest BCUT2D eigenvalue weighted by Crippen LogP contribution is -2.29. The number of aliphatic hydroxyl groups excluding tert-OH is 1. The highest BCUT2D eigenvalue weighted by Gasteiger charge is 2.07. The molecule has 0 radical (unpaired) electrons. The second-order valence-corrected chi connectivity index (χ2v) is 2.27. The van der Waals surface area contributed by atoms with Gasteiger partial charge in [0.05, 0.1) is 5.97 Å². The zero-order valence-corrected chi connectivity index (χ0v) is 6.03. The van der Waals surface area contributed by atoms with Crippen LogP contribution >= 0.6 is 0 Å². The van der Waals surface area contributed by atoms with Crippen molar-refractivity contribution in [3.63, 3.8) is 0 Å². The number of halogens is 1. The van der Waals surface area contributed by atoms with E-state index in [-0.39, 0.29) is 5.56 Å². The highest BCUT2D eigenvalue weighted by atomic mass is 19.1. The van der Waals surface area contributed by atoms with Gasteiger partial charge in [-0.1, -0.05) is 12.1 Å². The summed E-state index contributed by atoms with van der Waals surface area (Å²) in [5, 5.41) is 19.0. The number of carboxylic acids is 1. The maximum atomic E-state index is 12.3. The van der Waals surface area contributed by atoms with E-state index in [1.807, 2.05) is 0 Å². The number of benzene rings is 1. The summed E-state index contributed by atoms with van der Waals surface area (Å²) in [6.07, 6.45) is -1.69. The summed E-state index contributed by atoms with van der Waals surface area (Å²) < 4.78 is 12.3. The predicted molar refractivity (Wildman–Crippen MR) is 36.4 cm³/mol. The largest absolute Gasteiger partial charge is 0.547 e. The molecular weight excluding hydrogens is 163 g/mol. The number of hydrogen-bond acceptors (Lipinski definition) is 3. The quantitative estimate of drug-likeness (QED) is 0.655. The van der Waals surface area contributed by atoms with Crippen LogP contribution in [0.2, 0.25) is 0 Å². The monoisotopic (exact) mass is 169 g/mol. The first-order chi connectivity index (χ1) is 5.61. The van der Waals surface area contributed by atoms with Gasteiger partial charge in [-0.3, -0.25) is 0 Å². The van der Waals surface area contributed by atoms with Crippen LogP contribution in [0.1, 0.15) is 11.7 Å². The third-order valence-corrected chi connectivity index (χ3v) is 1.41. The van der Waals surface area contributed by atoms with E-state index < -0.39 is 17.9 Å². The minimum absolute atomic E-state index is 0.108. The van der Waals surface area contributed by atoms with Crippen molar-refractivity contribution in [1.82, 2.24) is 0 Å². The third-order valence-electron chi connectivity index (χ3n) is 1.41. The zero-order chi connectivity index (χ0) is 9.14. The van der Waals surface area contributed by atoms with Crippen LogP contribution in [0.3, 0.4) is 0 Å². The molecule has 0 aromatic heterocycles. The Morgan fingerprint density at radius 2 is 1.92 bits per heavy atom.